The number of amides is 1. The van der Waals surface area contributed by atoms with Crippen LogP contribution in [0.3, 0.4) is 0 Å². The molecule has 1 saturated heterocycles. The molecule has 2 heterocycles. The summed E-state index contributed by atoms with van der Waals surface area (Å²) in [6.07, 6.45) is 12.6. The number of nitrogens with one attached hydrogen (secondary N) is 1. The fourth-order valence-electron chi connectivity index (χ4n) is 3.33. The fraction of sp³-hybridized carbons (Fsp3) is 0.458. The SMILES string of the molecule is COc1ncc(F)c(N2CC3CC3C2)n1.C\C=C/C(F)=C(\C=C\CC)/C=C/C(=O)NCC. The second kappa shape index (κ2) is 12.7. The Kier molecular flexibility index (Phi) is 10.0. The number of allylic oxidation sites excluding steroid dienone is 7. The highest BCUT2D eigenvalue weighted by Gasteiger charge is 2.46. The van der Waals surface area contributed by atoms with Crippen molar-refractivity contribution < 1.29 is 18.3 Å². The average molecular weight is 447 g/mol. The number of aromatic nitrogens is 2. The van der Waals surface area contributed by atoms with Gasteiger partial charge < -0.3 is 15.0 Å². The minimum Gasteiger partial charge on any atom is -0.467 e. The molecule has 2 unspecified atom stereocenters. The van der Waals surface area contributed by atoms with Gasteiger partial charge in [-0.05, 0) is 50.7 Å². The van der Waals surface area contributed by atoms with Crippen LogP contribution in [0.1, 0.15) is 33.6 Å². The summed E-state index contributed by atoms with van der Waals surface area (Å²) in [5, 5.41) is 2.62. The molecule has 0 aromatic carbocycles. The molecule has 174 valence electrons. The van der Waals surface area contributed by atoms with Gasteiger partial charge in [-0.2, -0.15) is 4.98 Å². The van der Waals surface area contributed by atoms with Gasteiger partial charge >= 0.3 is 6.01 Å². The predicted octanol–water partition coefficient (Wildman–Crippen LogP) is 4.53. The summed E-state index contributed by atoms with van der Waals surface area (Å²) in [5.74, 6) is 0.961. The van der Waals surface area contributed by atoms with Gasteiger partial charge in [0.15, 0.2) is 11.6 Å². The summed E-state index contributed by atoms with van der Waals surface area (Å²) < 4.78 is 32.0. The predicted molar refractivity (Wildman–Crippen MR) is 123 cm³/mol. The minimum atomic E-state index is -0.364. The number of hydrogen-bond donors (Lipinski definition) is 1. The lowest BCUT2D eigenvalue weighted by Gasteiger charge is -2.19. The van der Waals surface area contributed by atoms with E-state index in [-0.39, 0.29) is 23.6 Å². The van der Waals surface area contributed by atoms with E-state index in [4.69, 9.17) is 4.74 Å². The van der Waals surface area contributed by atoms with E-state index in [9.17, 15) is 13.6 Å². The van der Waals surface area contributed by atoms with Crippen molar-refractivity contribution in [3.63, 3.8) is 0 Å². The highest BCUT2D eigenvalue weighted by Crippen LogP contribution is 2.46. The lowest BCUT2D eigenvalue weighted by Crippen LogP contribution is -2.24. The molecule has 1 aromatic heterocycles. The molecule has 0 radical (unpaired) electrons. The Morgan fingerprint density at radius 3 is 2.56 bits per heavy atom. The lowest BCUT2D eigenvalue weighted by molar-refractivity contribution is -0.116. The van der Waals surface area contributed by atoms with Crippen molar-refractivity contribution in [1.29, 1.82) is 0 Å². The van der Waals surface area contributed by atoms with E-state index in [1.165, 1.54) is 38.0 Å². The number of carbonyl (C=O) groups is 1. The molecule has 6 nitrogen and oxygen atoms in total. The summed E-state index contributed by atoms with van der Waals surface area (Å²) in [5.41, 5.74) is 0.399. The van der Waals surface area contributed by atoms with Crippen molar-refractivity contribution in [2.45, 2.75) is 33.6 Å². The van der Waals surface area contributed by atoms with Crippen LogP contribution in [0, 0.1) is 17.7 Å². The van der Waals surface area contributed by atoms with E-state index in [2.05, 4.69) is 15.3 Å². The molecule has 32 heavy (non-hydrogen) atoms. The van der Waals surface area contributed by atoms with Crippen molar-refractivity contribution in [2.75, 3.05) is 31.6 Å². The number of ether oxygens (including phenoxy) is 1. The molecule has 2 fully saturated rings. The van der Waals surface area contributed by atoms with Crippen LogP contribution in [-0.4, -0.2) is 42.6 Å². The number of fused-ring (bicyclic) bond motifs is 1. The molecule has 1 aromatic rings. The summed E-state index contributed by atoms with van der Waals surface area (Å²) >= 11 is 0. The fourth-order valence-corrected chi connectivity index (χ4v) is 3.33. The van der Waals surface area contributed by atoms with E-state index in [1.807, 2.05) is 24.8 Å². The Morgan fingerprint density at radius 1 is 1.25 bits per heavy atom. The second-order valence-electron chi connectivity index (χ2n) is 7.53. The smallest absolute Gasteiger partial charge is 0.318 e. The maximum Gasteiger partial charge on any atom is 0.318 e. The topological polar surface area (TPSA) is 67.3 Å². The summed E-state index contributed by atoms with van der Waals surface area (Å²) in [6, 6.07) is 0.229. The van der Waals surface area contributed by atoms with E-state index in [1.54, 1.807) is 19.1 Å². The number of nitrogens with zero attached hydrogens (tertiary/aromatic N) is 3. The number of methoxy groups -OCH3 is 1. The number of hydrogen-bond acceptors (Lipinski definition) is 5. The molecule has 2 aliphatic rings. The van der Waals surface area contributed by atoms with Crippen LogP contribution in [0.15, 0.2) is 54.1 Å². The van der Waals surface area contributed by atoms with E-state index in [0.717, 1.165) is 31.3 Å². The normalized spacial score (nSPS) is 20.2. The first-order valence-electron chi connectivity index (χ1n) is 10.9. The van der Waals surface area contributed by atoms with Gasteiger partial charge in [-0.3, -0.25) is 4.79 Å². The third-order valence-electron chi connectivity index (χ3n) is 5.05. The number of halogens is 2. The minimum absolute atomic E-state index is 0.219. The molecule has 2 atom stereocenters. The monoisotopic (exact) mass is 446 g/mol. The van der Waals surface area contributed by atoms with Crippen molar-refractivity contribution in [2.24, 2.45) is 11.8 Å². The molecule has 1 amide bonds. The Hall–Kier alpha value is -3.03. The van der Waals surface area contributed by atoms with Gasteiger partial charge in [-0.25, -0.2) is 13.8 Å². The maximum atomic E-state index is 13.6. The maximum absolute atomic E-state index is 13.6. The van der Waals surface area contributed by atoms with Crippen LogP contribution in [-0.2, 0) is 4.79 Å². The van der Waals surface area contributed by atoms with E-state index in [0.29, 0.717) is 17.9 Å². The second-order valence-corrected chi connectivity index (χ2v) is 7.53. The number of rotatable bonds is 8. The van der Waals surface area contributed by atoms with Crippen LogP contribution >= 0.6 is 0 Å². The van der Waals surface area contributed by atoms with Gasteiger partial charge in [0.25, 0.3) is 0 Å². The molecule has 1 aliphatic heterocycles. The first kappa shape index (κ1) is 25.2. The summed E-state index contributed by atoms with van der Waals surface area (Å²) in [7, 11) is 1.48. The Bertz CT molecular complexity index is 886. The van der Waals surface area contributed by atoms with Gasteiger partial charge in [0.1, 0.15) is 5.83 Å². The van der Waals surface area contributed by atoms with Crippen LogP contribution in [0.25, 0.3) is 0 Å². The van der Waals surface area contributed by atoms with Crippen LogP contribution in [0.5, 0.6) is 6.01 Å². The number of likely N-dealkylation sites (N-methyl/N-ethyl adjacent to an activating group) is 1. The molecule has 0 spiro atoms. The molecule has 3 rings (SSSR count). The zero-order valence-electron chi connectivity index (χ0n) is 19.1. The number of anilines is 1. The third kappa shape index (κ3) is 7.59. The van der Waals surface area contributed by atoms with Gasteiger partial charge in [-0.15, -0.1) is 0 Å². The largest absolute Gasteiger partial charge is 0.467 e. The van der Waals surface area contributed by atoms with Gasteiger partial charge in [0, 0.05) is 31.3 Å². The summed E-state index contributed by atoms with van der Waals surface area (Å²) in [4.78, 5) is 21.0. The Morgan fingerprint density at radius 2 is 1.97 bits per heavy atom. The lowest BCUT2D eigenvalue weighted by atomic mass is 10.1. The van der Waals surface area contributed by atoms with E-state index < -0.39 is 0 Å². The molecule has 8 heteroatoms. The van der Waals surface area contributed by atoms with Crippen molar-refractivity contribution in [3.8, 4) is 6.01 Å². The van der Waals surface area contributed by atoms with Crippen molar-refractivity contribution in [1.82, 2.24) is 15.3 Å². The van der Waals surface area contributed by atoms with Crippen molar-refractivity contribution >= 4 is 11.7 Å². The Labute approximate surface area is 188 Å². The molecular formula is C24H32F2N4O2. The molecule has 0 bridgehead atoms. The standard InChI is InChI=1S/C14H20FNO.C10H12FN3O/c1-4-7-9-12(13(15)8-5-2)10-11-14(17)16-6-3;1-15-10-12-3-8(11)9(13-10)14-4-6-2-7(6)5-14/h5,7-11H,4,6H2,1-3H3,(H,16,17);3,6-7H,2,4-5H2,1H3/b8-5-,9-7+,11-10+,13-12-;. The first-order chi connectivity index (χ1) is 15.4. The van der Waals surface area contributed by atoms with Gasteiger partial charge in [-0.1, -0.05) is 25.2 Å². The van der Waals surface area contributed by atoms with Gasteiger partial charge in [0.05, 0.1) is 13.3 Å². The highest BCUT2D eigenvalue weighted by molar-refractivity contribution is 5.88. The third-order valence-corrected chi connectivity index (χ3v) is 5.05. The average Bonchev–Trinajstić information content (AvgIpc) is 3.39. The number of piperidine rings is 1. The number of carbonyl (C=O) groups excluding carboxylic acids is 1. The molecule has 1 saturated carbocycles. The van der Waals surface area contributed by atoms with Crippen LogP contribution in [0.2, 0.25) is 0 Å². The zero-order chi connectivity index (χ0) is 23.5. The molecule has 1 aliphatic carbocycles. The molecule has 1 N–H and O–H groups in total. The van der Waals surface area contributed by atoms with Crippen molar-refractivity contribution in [3.05, 3.63) is 59.9 Å². The van der Waals surface area contributed by atoms with Crippen LogP contribution in [0.4, 0.5) is 14.6 Å². The molecular weight excluding hydrogens is 414 g/mol. The highest BCUT2D eigenvalue weighted by atomic mass is 19.1. The van der Waals surface area contributed by atoms with E-state index >= 15 is 0 Å². The summed E-state index contributed by atoms with van der Waals surface area (Å²) in [6.45, 7) is 7.94. The zero-order valence-corrected chi connectivity index (χ0v) is 19.1. The quantitative estimate of drug-likeness (QED) is 0.470. The first-order valence-corrected chi connectivity index (χ1v) is 10.9. The van der Waals surface area contributed by atoms with Gasteiger partial charge in [0.2, 0.25) is 5.91 Å². The Balaban J connectivity index is 0.000000227. The van der Waals surface area contributed by atoms with Crippen LogP contribution < -0.4 is 15.0 Å².